The van der Waals surface area contributed by atoms with Gasteiger partial charge in [-0.25, -0.2) is 0 Å². The van der Waals surface area contributed by atoms with E-state index in [1.165, 1.54) is 38.5 Å². The number of rotatable bonds is 8. The Hall–Kier alpha value is -0.120. The highest BCUT2D eigenvalue weighted by Gasteiger charge is 2.62. The van der Waals surface area contributed by atoms with Crippen molar-refractivity contribution in [2.24, 2.45) is 33.5 Å². The maximum absolute atomic E-state index is 6.27. The van der Waals surface area contributed by atoms with E-state index in [-0.39, 0.29) is 0 Å². The van der Waals surface area contributed by atoms with Crippen molar-refractivity contribution in [3.8, 4) is 0 Å². The van der Waals surface area contributed by atoms with Gasteiger partial charge in [-0.3, -0.25) is 0 Å². The van der Waals surface area contributed by atoms with Crippen molar-refractivity contribution >= 4 is 0 Å². The first kappa shape index (κ1) is 20.2. The third kappa shape index (κ3) is 2.86. The highest BCUT2D eigenvalue weighted by Crippen LogP contribution is 2.67. The molecule has 0 amide bonds. The molecule has 0 unspecified atom stereocenters. The largest absolute Gasteiger partial charge is 0.377 e. The van der Waals surface area contributed by atoms with Crippen LogP contribution in [0.25, 0.3) is 0 Å². The average Bonchev–Trinajstić information content (AvgIpc) is 3.12. The van der Waals surface area contributed by atoms with E-state index in [9.17, 15) is 0 Å². The first-order valence-corrected chi connectivity index (χ1v) is 11.4. The van der Waals surface area contributed by atoms with E-state index < -0.39 is 0 Å². The van der Waals surface area contributed by atoms with Crippen LogP contribution >= 0.6 is 0 Å². The van der Waals surface area contributed by atoms with Gasteiger partial charge in [0.2, 0.25) is 0 Å². The maximum Gasteiger partial charge on any atom is 0.0704 e. The lowest BCUT2D eigenvalue weighted by Crippen LogP contribution is -2.38. The van der Waals surface area contributed by atoms with Crippen LogP contribution in [0.2, 0.25) is 0 Å². The average molecular weight is 379 g/mol. The molecular formula is C24H42O3. The van der Waals surface area contributed by atoms with E-state index in [0.717, 1.165) is 25.0 Å². The Morgan fingerprint density at radius 3 is 1.33 bits per heavy atom. The van der Waals surface area contributed by atoms with E-state index in [4.69, 9.17) is 14.2 Å². The molecule has 6 atom stereocenters. The summed E-state index contributed by atoms with van der Waals surface area (Å²) in [7, 11) is 0. The third-order valence-electron chi connectivity index (χ3n) is 10.5. The van der Waals surface area contributed by atoms with Crippen molar-refractivity contribution in [1.82, 2.24) is 0 Å². The SMILES string of the molecule is CC1(C)[C@@H]2CC[C@@]1(C)[C@H](OCCOCCO[C@@H]1C[C@H]3CC[C@]1(C)C3(C)C)C2. The molecule has 4 aliphatic carbocycles. The predicted molar refractivity (Wildman–Crippen MR) is 109 cm³/mol. The van der Waals surface area contributed by atoms with Gasteiger partial charge in [-0.1, -0.05) is 41.5 Å². The monoisotopic (exact) mass is 378 g/mol. The summed E-state index contributed by atoms with van der Waals surface area (Å²) in [6.07, 6.45) is 8.73. The Kier molecular flexibility index (Phi) is 5.01. The summed E-state index contributed by atoms with van der Waals surface area (Å²) >= 11 is 0. The molecular weight excluding hydrogens is 336 g/mol. The molecule has 0 saturated heterocycles. The molecule has 27 heavy (non-hydrogen) atoms. The fourth-order valence-electron chi connectivity index (χ4n) is 7.37. The standard InChI is InChI=1S/C24H42O3/c1-21(2)17-7-9-23(21,5)19(15-17)26-13-11-25-12-14-27-20-16-18-8-10-24(20,6)22(18,3)4/h17-20H,7-16H2,1-6H3/t17-,18-,19-,20-,23+,24+/m1/s1. The van der Waals surface area contributed by atoms with E-state index in [1.54, 1.807) is 0 Å². The second-order valence-electron chi connectivity index (χ2n) is 11.6. The van der Waals surface area contributed by atoms with Crippen LogP contribution in [0, 0.1) is 33.5 Å². The molecule has 4 rings (SSSR count). The fraction of sp³-hybridized carbons (Fsp3) is 1.00. The van der Waals surface area contributed by atoms with Crippen LogP contribution in [0.1, 0.15) is 80.1 Å². The number of fused-ring (bicyclic) bond motifs is 4. The second-order valence-corrected chi connectivity index (χ2v) is 11.6. The van der Waals surface area contributed by atoms with Crippen LogP contribution in [0.3, 0.4) is 0 Å². The van der Waals surface area contributed by atoms with Crippen LogP contribution in [0.4, 0.5) is 0 Å². The fourth-order valence-corrected chi connectivity index (χ4v) is 7.37. The van der Waals surface area contributed by atoms with Crippen LogP contribution in [-0.4, -0.2) is 38.6 Å². The normalized spacial score (nSPS) is 46.4. The lowest BCUT2D eigenvalue weighted by Gasteiger charge is -2.39. The summed E-state index contributed by atoms with van der Waals surface area (Å²) in [5, 5.41) is 0. The van der Waals surface area contributed by atoms with Gasteiger partial charge in [0.15, 0.2) is 0 Å². The molecule has 0 spiro atoms. The summed E-state index contributed by atoms with van der Waals surface area (Å²) in [5.74, 6) is 1.68. The first-order chi connectivity index (χ1) is 12.6. The van der Waals surface area contributed by atoms with Crippen LogP contribution in [0.15, 0.2) is 0 Å². The van der Waals surface area contributed by atoms with Crippen molar-refractivity contribution in [2.75, 3.05) is 26.4 Å². The first-order valence-electron chi connectivity index (χ1n) is 11.4. The zero-order chi connectivity index (χ0) is 19.5. The molecule has 0 aromatic carbocycles. The molecule has 156 valence electrons. The zero-order valence-electron chi connectivity index (χ0n) is 18.6. The van der Waals surface area contributed by atoms with Gasteiger partial charge in [0.25, 0.3) is 0 Å². The summed E-state index contributed by atoms with van der Waals surface area (Å²) in [5.41, 5.74) is 1.56. The molecule has 3 heteroatoms. The van der Waals surface area contributed by atoms with Crippen molar-refractivity contribution in [1.29, 1.82) is 0 Å². The molecule has 0 radical (unpaired) electrons. The minimum atomic E-state index is 0.352. The number of hydrogen-bond donors (Lipinski definition) is 0. The lowest BCUT2D eigenvalue weighted by atomic mass is 9.70. The molecule has 0 aromatic rings. The van der Waals surface area contributed by atoms with Crippen LogP contribution in [0.5, 0.6) is 0 Å². The minimum absolute atomic E-state index is 0.352. The van der Waals surface area contributed by atoms with Crippen molar-refractivity contribution in [3.63, 3.8) is 0 Å². The van der Waals surface area contributed by atoms with Crippen molar-refractivity contribution < 1.29 is 14.2 Å². The Morgan fingerprint density at radius 2 is 1.04 bits per heavy atom. The molecule has 4 bridgehead atoms. The summed E-state index contributed by atoms with van der Waals surface area (Å²) in [6, 6.07) is 0. The van der Waals surface area contributed by atoms with Gasteiger partial charge in [-0.15, -0.1) is 0 Å². The van der Waals surface area contributed by atoms with Crippen LogP contribution in [-0.2, 0) is 14.2 Å². The lowest BCUT2D eigenvalue weighted by molar-refractivity contribution is -0.0835. The summed E-state index contributed by atoms with van der Waals surface area (Å²) < 4.78 is 18.4. The highest BCUT2D eigenvalue weighted by atomic mass is 16.5. The smallest absolute Gasteiger partial charge is 0.0704 e. The van der Waals surface area contributed by atoms with Gasteiger partial charge in [-0.05, 0) is 72.0 Å². The minimum Gasteiger partial charge on any atom is -0.377 e. The molecule has 4 fully saturated rings. The zero-order valence-corrected chi connectivity index (χ0v) is 18.6. The molecule has 0 heterocycles. The van der Waals surface area contributed by atoms with E-state index in [0.29, 0.717) is 47.1 Å². The molecule has 0 aliphatic heterocycles. The van der Waals surface area contributed by atoms with Gasteiger partial charge < -0.3 is 14.2 Å². The molecule has 4 saturated carbocycles. The molecule has 0 aromatic heterocycles. The topological polar surface area (TPSA) is 27.7 Å². The van der Waals surface area contributed by atoms with Gasteiger partial charge in [0.05, 0.1) is 38.6 Å². The van der Waals surface area contributed by atoms with Crippen LogP contribution < -0.4 is 0 Å². The molecule has 3 nitrogen and oxygen atoms in total. The Labute approximate surface area is 166 Å². The van der Waals surface area contributed by atoms with Gasteiger partial charge in [-0.2, -0.15) is 0 Å². The van der Waals surface area contributed by atoms with E-state index in [1.807, 2.05) is 0 Å². The Bertz CT molecular complexity index is 508. The number of ether oxygens (including phenoxy) is 3. The van der Waals surface area contributed by atoms with Gasteiger partial charge in [0.1, 0.15) is 0 Å². The Morgan fingerprint density at radius 1 is 0.630 bits per heavy atom. The second kappa shape index (κ2) is 6.71. The maximum atomic E-state index is 6.27. The third-order valence-corrected chi connectivity index (χ3v) is 10.5. The number of hydrogen-bond acceptors (Lipinski definition) is 3. The quantitative estimate of drug-likeness (QED) is 0.525. The predicted octanol–water partition coefficient (Wildman–Crippen LogP) is 5.47. The summed E-state index contributed by atoms with van der Waals surface area (Å²) in [4.78, 5) is 0. The van der Waals surface area contributed by atoms with Crippen molar-refractivity contribution in [2.45, 2.75) is 92.3 Å². The van der Waals surface area contributed by atoms with Gasteiger partial charge >= 0.3 is 0 Å². The highest BCUT2D eigenvalue weighted by molar-refractivity contribution is 5.12. The van der Waals surface area contributed by atoms with E-state index in [2.05, 4.69) is 41.5 Å². The Balaban J connectivity index is 1.12. The van der Waals surface area contributed by atoms with Gasteiger partial charge in [0, 0.05) is 0 Å². The summed E-state index contributed by atoms with van der Waals surface area (Å²) in [6.45, 7) is 17.5. The van der Waals surface area contributed by atoms with E-state index >= 15 is 0 Å². The molecule has 0 N–H and O–H groups in total. The molecule has 4 aliphatic rings. The van der Waals surface area contributed by atoms with Crippen molar-refractivity contribution in [3.05, 3.63) is 0 Å².